The zero-order chi connectivity index (χ0) is 22.9. The number of likely N-dealkylation sites (tertiary alicyclic amines) is 1. The lowest BCUT2D eigenvalue weighted by Crippen LogP contribution is -2.61. The van der Waals surface area contributed by atoms with Gasteiger partial charge in [0.15, 0.2) is 0 Å². The quantitative estimate of drug-likeness (QED) is 0.502. The van der Waals surface area contributed by atoms with Crippen LogP contribution in [0.5, 0.6) is 5.75 Å². The van der Waals surface area contributed by atoms with E-state index in [-0.39, 0.29) is 29.0 Å². The van der Waals surface area contributed by atoms with Crippen LogP contribution in [-0.2, 0) is 16.8 Å². The van der Waals surface area contributed by atoms with Crippen molar-refractivity contribution in [1.29, 1.82) is 0 Å². The smallest absolute Gasteiger partial charge is 0.273 e. The molecule has 31 heavy (non-hydrogen) atoms. The molecule has 7 nitrogen and oxygen atoms in total. The molecular weight excluding hydrogens is 436 g/mol. The van der Waals surface area contributed by atoms with Crippen molar-refractivity contribution in [2.45, 2.75) is 38.8 Å². The van der Waals surface area contributed by atoms with E-state index in [4.69, 9.17) is 11.6 Å². The summed E-state index contributed by atoms with van der Waals surface area (Å²) in [7, 11) is 1.72. The summed E-state index contributed by atoms with van der Waals surface area (Å²) in [5.41, 5.74) is 1.69. The molecule has 3 rings (SSSR count). The summed E-state index contributed by atoms with van der Waals surface area (Å²) in [6, 6.07) is 3.36. The van der Waals surface area contributed by atoms with Gasteiger partial charge < -0.3 is 20.2 Å². The number of rotatable bonds is 6. The fourth-order valence-corrected chi connectivity index (χ4v) is 4.45. The first kappa shape index (κ1) is 23.1. The van der Waals surface area contributed by atoms with E-state index in [0.717, 1.165) is 10.6 Å². The monoisotopic (exact) mass is 462 g/mol. The first-order chi connectivity index (χ1) is 14.5. The van der Waals surface area contributed by atoms with Crippen LogP contribution in [0.25, 0.3) is 0 Å². The van der Waals surface area contributed by atoms with E-state index in [9.17, 15) is 14.7 Å². The Hall–Kier alpha value is -2.58. The zero-order valence-electron chi connectivity index (χ0n) is 18.1. The lowest BCUT2D eigenvalue weighted by atomic mass is 9.86. The number of nitrogens with one attached hydrogen (secondary N) is 1. The Balaban J connectivity index is 1.62. The van der Waals surface area contributed by atoms with Crippen molar-refractivity contribution >= 4 is 40.4 Å². The number of carbonyl (C=O) groups excluding carboxylic acids is 2. The number of phenols is 1. The van der Waals surface area contributed by atoms with Crippen molar-refractivity contribution in [3.05, 3.63) is 51.5 Å². The molecule has 166 valence electrons. The van der Waals surface area contributed by atoms with E-state index in [2.05, 4.69) is 37.7 Å². The maximum Gasteiger partial charge on any atom is 0.273 e. The third-order valence-corrected chi connectivity index (χ3v) is 6.47. The number of carbonyl (C=O) groups is 2. The molecule has 1 fully saturated rings. The molecule has 1 aromatic heterocycles. The number of amides is 2. The average molecular weight is 463 g/mol. The number of phenolic OH excluding ortho intramolecular Hbond substituents is 1. The van der Waals surface area contributed by atoms with Gasteiger partial charge in [-0.25, -0.2) is 4.98 Å². The third-order valence-electron chi connectivity index (χ3n) is 5.31. The fourth-order valence-electron chi connectivity index (χ4n) is 3.30. The van der Waals surface area contributed by atoms with Gasteiger partial charge in [-0.15, -0.1) is 11.3 Å². The predicted octanol–water partition coefficient (Wildman–Crippen LogP) is 3.88. The summed E-state index contributed by atoms with van der Waals surface area (Å²) >= 11 is 7.65. The second-order valence-corrected chi connectivity index (χ2v) is 9.95. The van der Waals surface area contributed by atoms with Crippen LogP contribution in [-0.4, -0.2) is 57.9 Å². The molecule has 0 aliphatic carbocycles. The van der Waals surface area contributed by atoms with Crippen molar-refractivity contribution in [3.63, 3.8) is 0 Å². The number of likely N-dealkylation sites (N-methyl/N-ethyl adjacent to an activating group) is 1. The van der Waals surface area contributed by atoms with Crippen LogP contribution in [0.15, 0.2) is 30.2 Å². The first-order valence-electron chi connectivity index (χ1n) is 9.91. The maximum absolute atomic E-state index is 12.7. The number of nitrogens with zero attached hydrogens (tertiary/aromatic N) is 3. The minimum Gasteiger partial charge on any atom is -0.506 e. The van der Waals surface area contributed by atoms with Gasteiger partial charge in [0.05, 0.1) is 18.3 Å². The number of aromatic hydroxyl groups is 1. The molecule has 2 heterocycles. The van der Waals surface area contributed by atoms with E-state index in [0.29, 0.717) is 36.0 Å². The summed E-state index contributed by atoms with van der Waals surface area (Å²) in [6.07, 6.45) is 1.28. The second kappa shape index (κ2) is 8.88. The minimum absolute atomic E-state index is 0.0264. The van der Waals surface area contributed by atoms with Crippen molar-refractivity contribution in [3.8, 4) is 5.75 Å². The van der Waals surface area contributed by atoms with Crippen molar-refractivity contribution < 1.29 is 14.7 Å². The highest BCUT2D eigenvalue weighted by Gasteiger charge is 2.35. The Labute approximate surface area is 191 Å². The lowest BCUT2D eigenvalue weighted by Gasteiger charge is -2.43. The van der Waals surface area contributed by atoms with Gasteiger partial charge in [-0.1, -0.05) is 39.0 Å². The molecule has 0 bridgehead atoms. The second-order valence-electron chi connectivity index (χ2n) is 8.60. The first-order valence-corrected chi connectivity index (χ1v) is 11.2. The molecule has 9 heteroatoms. The molecule has 1 aliphatic heterocycles. The van der Waals surface area contributed by atoms with Gasteiger partial charge in [0.1, 0.15) is 16.5 Å². The largest absolute Gasteiger partial charge is 0.506 e. The lowest BCUT2D eigenvalue weighted by molar-refractivity contribution is -0.132. The molecule has 1 saturated heterocycles. The molecule has 2 aromatic rings. The zero-order valence-corrected chi connectivity index (χ0v) is 19.7. The molecule has 1 aromatic carbocycles. The van der Waals surface area contributed by atoms with Gasteiger partial charge in [0, 0.05) is 36.6 Å². The third kappa shape index (κ3) is 5.02. The van der Waals surface area contributed by atoms with Crippen LogP contribution in [0, 0.1) is 0 Å². The average Bonchev–Trinajstić information content (AvgIpc) is 3.13. The van der Waals surface area contributed by atoms with Crippen molar-refractivity contribution in [2.24, 2.45) is 0 Å². The van der Waals surface area contributed by atoms with Gasteiger partial charge in [-0.2, -0.15) is 0 Å². The number of hydrogen-bond acceptors (Lipinski definition) is 6. The van der Waals surface area contributed by atoms with E-state index in [1.165, 1.54) is 23.5 Å². The van der Waals surface area contributed by atoms with E-state index in [1.54, 1.807) is 22.2 Å². The summed E-state index contributed by atoms with van der Waals surface area (Å²) < 4.78 is 0. The Kier molecular flexibility index (Phi) is 6.62. The summed E-state index contributed by atoms with van der Waals surface area (Å²) in [5, 5.41) is 16.4. The Bertz CT molecular complexity index is 1010. The van der Waals surface area contributed by atoms with E-state index >= 15 is 0 Å². The van der Waals surface area contributed by atoms with Gasteiger partial charge >= 0.3 is 0 Å². The topological polar surface area (TPSA) is 85.8 Å². The Morgan fingerprint density at radius 3 is 2.71 bits per heavy atom. The Morgan fingerprint density at radius 1 is 1.42 bits per heavy atom. The van der Waals surface area contributed by atoms with Crippen LogP contribution in [0.4, 0.5) is 5.69 Å². The molecule has 2 N–H and O–H groups in total. The molecule has 0 saturated carbocycles. The van der Waals surface area contributed by atoms with Gasteiger partial charge in [0.25, 0.3) is 5.91 Å². The van der Waals surface area contributed by atoms with E-state index in [1.807, 2.05) is 6.07 Å². The normalized spacial score (nSPS) is 14.2. The van der Waals surface area contributed by atoms with Crippen LogP contribution < -0.4 is 5.32 Å². The van der Waals surface area contributed by atoms with Crippen LogP contribution >= 0.6 is 22.9 Å². The molecule has 0 radical (unpaired) electrons. The molecule has 0 spiro atoms. The number of halogens is 1. The maximum atomic E-state index is 12.7. The molecule has 2 amide bonds. The van der Waals surface area contributed by atoms with Gasteiger partial charge in [0.2, 0.25) is 5.91 Å². The molecular formula is C22H27ClN4O3S. The number of benzene rings is 1. The molecule has 0 unspecified atom stereocenters. The van der Waals surface area contributed by atoms with Crippen LogP contribution in [0.2, 0.25) is 5.02 Å². The summed E-state index contributed by atoms with van der Waals surface area (Å²) in [4.78, 5) is 32.0. The highest BCUT2D eigenvalue weighted by Crippen LogP contribution is 2.37. The highest BCUT2D eigenvalue weighted by atomic mass is 35.5. The highest BCUT2D eigenvalue weighted by molar-refractivity contribution is 7.09. The van der Waals surface area contributed by atoms with Gasteiger partial charge in [-0.05, 0) is 23.1 Å². The summed E-state index contributed by atoms with van der Waals surface area (Å²) in [5.74, 6) is -0.240. The van der Waals surface area contributed by atoms with Crippen LogP contribution in [0.1, 0.15) is 41.8 Å². The molecule has 1 aliphatic rings. The number of aromatic nitrogens is 1. The van der Waals surface area contributed by atoms with Gasteiger partial charge in [-0.3, -0.25) is 9.59 Å². The SMILES string of the molecule is C=CC(=O)N1CC(N(C)C(=O)c2csc(CNc3cc(C(C)(C)C)c(Cl)cc3O)n2)C1. The molecule has 0 atom stereocenters. The summed E-state index contributed by atoms with van der Waals surface area (Å²) in [6.45, 7) is 11.0. The number of anilines is 1. The van der Waals surface area contributed by atoms with E-state index < -0.39 is 0 Å². The van der Waals surface area contributed by atoms with Crippen molar-refractivity contribution in [2.75, 3.05) is 25.5 Å². The fraction of sp³-hybridized carbons (Fsp3) is 0.409. The number of thiazole rings is 1. The van der Waals surface area contributed by atoms with Crippen molar-refractivity contribution in [1.82, 2.24) is 14.8 Å². The predicted molar refractivity (Wildman–Crippen MR) is 124 cm³/mol. The number of hydrogen-bond donors (Lipinski definition) is 2. The Morgan fingerprint density at radius 2 is 2.10 bits per heavy atom. The minimum atomic E-state index is -0.178. The van der Waals surface area contributed by atoms with Crippen LogP contribution in [0.3, 0.4) is 0 Å². The standard InChI is InChI=1S/C22H27ClN4O3S/c1-6-20(29)27-10-13(11-27)26(5)21(30)17-12-31-19(25-17)9-24-16-7-14(22(2,3)4)15(23)8-18(16)28/h6-8,12-13,24,28H,1,9-11H2,2-5H3.